The van der Waals surface area contributed by atoms with Crippen molar-refractivity contribution in [1.82, 2.24) is 0 Å². The Morgan fingerprint density at radius 3 is 2.51 bits per heavy atom. The molecule has 0 aliphatic carbocycles. The number of ether oxygens (including phenoxy) is 3. The van der Waals surface area contributed by atoms with Crippen LogP contribution in [0.3, 0.4) is 0 Å². The number of esters is 1. The molecule has 1 aromatic heterocycles. The third-order valence-corrected chi connectivity index (χ3v) is 6.82. The monoisotopic (exact) mass is 545 g/mol. The van der Waals surface area contributed by atoms with Crippen LogP contribution in [0, 0.1) is 12.7 Å². The molecule has 4 aromatic rings. The number of benzene rings is 3. The van der Waals surface area contributed by atoms with Crippen molar-refractivity contribution in [2.45, 2.75) is 20.5 Å². The standard InChI is InChI=1S/C31H28FNO5S/c1-4-37-31(35)29-25(22-11-13-24(32)14-12-22)19-39-30(29)33-28(34)16-10-21-9-15-26(27(17-21)36-3)38-18-23-8-6-5-7-20(23)2/h5-17,19H,4,18H2,1-3H3,(H,33,34)/b16-10+. The number of aryl methyl sites for hydroxylation is 1. The third kappa shape index (κ3) is 6.91. The topological polar surface area (TPSA) is 73.9 Å². The lowest BCUT2D eigenvalue weighted by Crippen LogP contribution is -2.12. The first kappa shape index (κ1) is 27.6. The fourth-order valence-electron chi connectivity index (χ4n) is 3.86. The molecular formula is C31H28FNO5S. The molecule has 6 nitrogen and oxygen atoms in total. The maximum Gasteiger partial charge on any atom is 0.341 e. The van der Waals surface area contributed by atoms with E-state index in [1.165, 1.54) is 29.5 Å². The van der Waals surface area contributed by atoms with E-state index >= 15 is 0 Å². The highest BCUT2D eigenvalue weighted by atomic mass is 32.1. The molecule has 0 atom stereocenters. The van der Waals surface area contributed by atoms with Crippen LogP contribution >= 0.6 is 11.3 Å². The maximum absolute atomic E-state index is 13.4. The summed E-state index contributed by atoms with van der Waals surface area (Å²) >= 11 is 1.20. The predicted octanol–water partition coefficient (Wildman–Crippen LogP) is 7.28. The van der Waals surface area contributed by atoms with Crippen LogP contribution < -0.4 is 14.8 Å². The summed E-state index contributed by atoms with van der Waals surface area (Å²) in [5.41, 5.74) is 4.38. The number of anilines is 1. The van der Waals surface area contributed by atoms with E-state index in [4.69, 9.17) is 14.2 Å². The molecule has 4 rings (SSSR count). The van der Waals surface area contributed by atoms with Gasteiger partial charge < -0.3 is 19.5 Å². The summed E-state index contributed by atoms with van der Waals surface area (Å²) in [7, 11) is 1.56. The Bertz CT molecular complexity index is 1490. The van der Waals surface area contributed by atoms with E-state index in [-0.39, 0.29) is 18.0 Å². The fraction of sp³-hybridized carbons (Fsp3) is 0.161. The lowest BCUT2D eigenvalue weighted by atomic mass is 10.0. The molecule has 1 heterocycles. The van der Waals surface area contributed by atoms with Crippen molar-refractivity contribution in [2.75, 3.05) is 19.0 Å². The second-order valence-electron chi connectivity index (χ2n) is 8.53. The quantitative estimate of drug-likeness (QED) is 0.167. The van der Waals surface area contributed by atoms with E-state index in [0.29, 0.717) is 34.2 Å². The number of thiophene rings is 1. The van der Waals surface area contributed by atoms with Gasteiger partial charge >= 0.3 is 5.97 Å². The Kier molecular flexibility index (Phi) is 9.12. The van der Waals surface area contributed by atoms with Crippen LogP contribution in [0.15, 0.2) is 78.2 Å². The average Bonchev–Trinajstić information content (AvgIpc) is 3.35. The van der Waals surface area contributed by atoms with Crippen molar-refractivity contribution in [3.63, 3.8) is 0 Å². The van der Waals surface area contributed by atoms with Crippen molar-refractivity contribution >= 4 is 34.3 Å². The highest BCUT2D eigenvalue weighted by molar-refractivity contribution is 7.15. The molecule has 0 unspecified atom stereocenters. The molecule has 0 spiro atoms. The number of carbonyl (C=O) groups excluding carboxylic acids is 2. The van der Waals surface area contributed by atoms with E-state index in [2.05, 4.69) is 5.32 Å². The summed E-state index contributed by atoms with van der Waals surface area (Å²) in [6, 6.07) is 19.2. The first-order chi connectivity index (χ1) is 18.9. The van der Waals surface area contributed by atoms with Crippen molar-refractivity contribution in [1.29, 1.82) is 0 Å². The Labute approximate surface area is 230 Å². The Morgan fingerprint density at radius 1 is 1.03 bits per heavy atom. The summed E-state index contributed by atoms with van der Waals surface area (Å²) in [5, 5.41) is 4.85. The molecule has 0 bridgehead atoms. The molecule has 0 saturated carbocycles. The number of hydrogen-bond donors (Lipinski definition) is 1. The lowest BCUT2D eigenvalue weighted by Gasteiger charge is -2.12. The summed E-state index contributed by atoms with van der Waals surface area (Å²) in [5.74, 6) is -0.241. The molecule has 39 heavy (non-hydrogen) atoms. The van der Waals surface area contributed by atoms with Gasteiger partial charge in [0, 0.05) is 17.0 Å². The minimum atomic E-state index is -0.566. The molecule has 200 valence electrons. The largest absolute Gasteiger partial charge is 0.493 e. The Balaban J connectivity index is 1.48. The average molecular weight is 546 g/mol. The van der Waals surface area contributed by atoms with Gasteiger partial charge in [-0.3, -0.25) is 4.79 Å². The smallest absolute Gasteiger partial charge is 0.341 e. The zero-order valence-electron chi connectivity index (χ0n) is 21.8. The van der Waals surface area contributed by atoms with Crippen molar-refractivity contribution in [3.8, 4) is 22.6 Å². The predicted molar refractivity (Wildman–Crippen MR) is 152 cm³/mol. The number of amides is 1. The van der Waals surface area contributed by atoms with E-state index in [0.717, 1.165) is 16.7 Å². The van der Waals surface area contributed by atoms with E-state index in [1.807, 2.05) is 37.3 Å². The van der Waals surface area contributed by atoms with Crippen molar-refractivity contribution in [3.05, 3.63) is 106 Å². The number of halogens is 1. The first-order valence-corrected chi connectivity index (χ1v) is 13.2. The van der Waals surface area contributed by atoms with Gasteiger partial charge in [-0.05, 0) is 66.4 Å². The van der Waals surface area contributed by atoms with Gasteiger partial charge in [0.2, 0.25) is 5.91 Å². The second-order valence-corrected chi connectivity index (χ2v) is 9.41. The summed E-state index contributed by atoms with van der Waals surface area (Å²) in [6.07, 6.45) is 3.01. The van der Waals surface area contributed by atoms with Gasteiger partial charge in [0.25, 0.3) is 0 Å². The number of hydrogen-bond acceptors (Lipinski definition) is 6. The van der Waals surface area contributed by atoms with Gasteiger partial charge in [-0.2, -0.15) is 0 Å². The van der Waals surface area contributed by atoms with Crippen LogP contribution in [0.25, 0.3) is 17.2 Å². The van der Waals surface area contributed by atoms with Crippen LogP contribution in [0.4, 0.5) is 9.39 Å². The van der Waals surface area contributed by atoms with E-state index in [1.54, 1.807) is 49.8 Å². The lowest BCUT2D eigenvalue weighted by molar-refractivity contribution is -0.111. The van der Waals surface area contributed by atoms with E-state index < -0.39 is 11.9 Å². The fourth-order valence-corrected chi connectivity index (χ4v) is 4.82. The first-order valence-electron chi connectivity index (χ1n) is 12.3. The van der Waals surface area contributed by atoms with E-state index in [9.17, 15) is 14.0 Å². The highest BCUT2D eigenvalue weighted by Gasteiger charge is 2.22. The van der Waals surface area contributed by atoms with Crippen molar-refractivity contribution in [2.24, 2.45) is 0 Å². The van der Waals surface area contributed by atoms with Gasteiger partial charge in [0.15, 0.2) is 11.5 Å². The van der Waals surface area contributed by atoms with Gasteiger partial charge in [-0.1, -0.05) is 42.5 Å². The van der Waals surface area contributed by atoms with Gasteiger partial charge in [-0.15, -0.1) is 11.3 Å². The molecule has 8 heteroatoms. The normalized spacial score (nSPS) is 10.9. The van der Waals surface area contributed by atoms with Gasteiger partial charge in [0.1, 0.15) is 23.0 Å². The summed E-state index contributed by atoms with van der Waals surface area (Å²) in [4.78, 5) is 25.5. The highest BCUT2D eigenvalue weighted by Crippen LogP contribution is 2.36. The SMILES string of the molecule is CCOC(=O)c1c(-c2ccc(F)cc2)csc1NC(=O)/C=C/c1ccc(OCc2ccccc2C)c(OC)c1. The van der Waals surface area contributed by atoms with Crippen LogP contribution in [-0.2, 0) is 16.1 Å². The molecule has 0 aliphatic rings. The summed E-state index contributed by atoms with van der Waals surface area (Å²) in [6.45, 7) is 4.32. The molecular weight excluding hydrogens is 517 g/mol. The number of nitrogens with one attached hydrogen (secondary N) is 1. The molecule has 0 aliphatic heterocycles. The molecule has 0 fully saturated rings. The zero-order chi connectivity index (χ0) is 27.8. The van der Waals surface area contributed by atoms with Gasteiger partial charge in [-0.25, -0.2) is 9.18 Å². The van der Waals surface area contributed by atoms with Crippen LogP contribution in [0.5, 0.6) is 11.5 Å². The molecule has 1 amide bonds. The van der Waals surface area contributed by atoms with Gasteiger partial charge in [0.05, 0.1) is 13.7 Å². The molecule has 0 saturated heterocycles. The number of rotatable bonds is 10. The van der Waals surface area contributed by atoms with Crippen molar-refractivity contribution < 1.29 is 28.2 Å². The van der Waals surface area contributed by atoms with Crippen LogP contribution in [-0.4, -0.2) is 25.6 Å². The second kappa shape index (κ2) is 12.9. The number of carbonyl (C=O) groups is 2. The minimum Gasteiger partial charge on any atom is -0.493 e. The molecule has 0 radical (unpaired) electrons. The molecule has 1 N–H and O–H groups in total. The number of methoxy groups -OCH3 is 1. The zero-order valence-corrected chi connectivity index (χ0v) is 22.6. The van der Waals surface area contributed by atoms with Crippen LogP contribution in [0.1, 0.15) is 34.0 Å². The molecule has 3 aromatic carbocycles. The minimum absolute atomic E-state index is 0.178. The summed E-state index contributed by atoms with van der Waals surface area (Å²) < 4.78 is 30.1. The third-order valence-electron chi connectivity index (χ3n) is 5.92. The Morgan fingerprint density at radius 2 is 1.79 bits per heavy atom. The Hall–Kier alpha value is -4.43. The van der Waals surface area contributed by atoms with Crippen LogP contribution in [0.2, 0.25) is 0 Å². The maximum atomic E-state index is 13.4.